The highest BCUT2D eigenvalue weighted by Gasteiger charge is 2.30. The zero-order chi connectivity index (χ0) is 19.7. The van der Waals surface area contributed by atoms with Gasteiger partial charge < -0.3 is 9.64 Å². The molecule has 2 aromatic heterocycles. The van der Waals surface area contributed by atoms with E-state index in [4.69, 9.17) is 16.3 Å². The predicted octanol–water partition coefficient (Wildman–Crippen LogP) is 3.38. The average Bonchev–Trinajstić information content (AvgIpc) is 3.30. The molecule has 4 heterocycles. The van der Waals surface area contributed by atoms with Crippen LogP contribution in [0.15, 0.2) is 22.4 Å². The number of thiophene rings is 1. The zero-order valence-corrected chi connectivity index (χ0v) is 17.0. The van der Waals surface area contributed by atoms with Crippen LogP contribution in [0, 0.1) is 17.2 Å². The van der Waals surface area contributed by atoms with Crippen LogP contribution in [-0.2, 0) is 16.1 Å². The van der Waals surface area contributed by atoms with Crippen molar-refractivity contribution in [3.05, 3.63) is 39.4 Å². The Bertz CT molecular complexity index is 980. The molecule has 1 saturated heterocycles. The first-order chi connectivity index (χ1) is 13.5. The summed E-state index contributed by atoms with van der Waals surface area (Å²) < 4.78 is 9.50. The number of hydrogen-bond donors (Lipinski definition) is 1. The molecule has 0 aromatic carbocycles. The quantitative estimate of drug-likeness (QED) is 0.582. The van der Waals surface area contributed by atoms with Crippen molar-refractivity contribution >= 4 is 52.6 Å². The van der Waals surface area contributed by atoms with E-state index in [0.717, 1.165) is 4.21 Å². The number of rotatable bonds is 4. The van der Waals surface area contributed by atoms with Gasteiger partial charge in [-0.1, -0.05) is 11.6 Å². The number of carbonyl (C=O) groups is 2. The number of esters is 1. The van der Waals surface area contributed by atoms with Crippen LogP contribution >= 0.6 is 34.9 Å². The molecule has 0 aliphatic carbocycles. The normalized spacial score (nSPS) is 16.4. The summed E-state index contributed by atoms with van der Waals surface area (Å²) in [5, 5.41) is 9.44. The third kappa shape index (κ3) is 3.81. The van der Waals surface area contributed by atoms with Crippen LogP contribution in [0.3, 0.4) is 0 Å². The minimum atomic E-state index is -0.439. The number of ether oxygens (including phenoxy) is 1. The zero-order valence-electron chi connectivity index (χ0n) is 14.6. The number of cyclic esters (lactones) is 1. The van der Waals surface area contributed by atoms with Gasteiger partial charge in [-0.3, -0.25) is 9.52 Å². The van der Waals surface area contributed by atoms with E-state index in [1.807, 2.05) is 11.0 Å². The lowest BCUT2D eigenvalue weighted by atomic mass is 9.96. The summed E-state index contributed by atoms with van der Waals surface area (Å²) in [6.07, 6.45) is 1.33. The van der Waals surface area contributed by atoms with E-state index in [1.165, 1.54) is 23.3 Å². The second-order valence-electron chi connectivity index (χ2n) is 6.43. The summed E-state index contributed by atoms with van der Waals surface area (Å²) in [5.74, 6) is 0.0196. The molecule has 0 atom stereocenters. The Hall–Kier alpha value is -2.28. The fourth-order valence-corrected chi connectivity index (χ4v) is 5.23. The van der Waals surface area contributed by atoms with Crippen molar-refractivity contribution in [1.29, 1.82) is 5.26 Å². The highest BCUT2D eigenvalue weighted by Crippen LogP contribution is 2.31. The van der Waals surface area contributed by atoms with E-state index >= 15 is 0 Å². The second kappa shape index (κ2) is 7.99. The Morgan fingerprint density at radius 2 is 2.21 bits per heavy atom. The van der Waals surface area contributed by atoms with Crippen molar-refractivity contribution in [3.63, 3.8) is 0 Å². The Balaban J connectivity index is 1.38. The van der Waals surface area contributed by atoms with Crippen molar-refractivity contribution in [2.45, 2.75) is 23.7 Å². The van der Waals surface area contributed by atoms with E-state index in [2.05, 4.69) is 15.8 Å². The average molecular weight is 435 g/mol. The Morgan fingerprint density at radius 1 is 1.43 bits per heavy atom. The molecule has 28 heavy (non-hydrogen) atoms. The van der Waals surface area contributed by atoms with Crippen LogP contribution in [0.1, 0.15) is 34.5 Å². The summed E-state index contributed by atoms with van der Waals surface area (Å²) in [6, 6.07) is 7.34. The lowest BCUT2D eigenvalue weighted by Crippen LogP contribution is -2.39. The second-order valence-corrected chi connectivity index (χ2v) is 9.25. The molecular formula is C18H15ClN4O3S2. The molecule has 0 unspecified atom stereocenters. The van der Waals surface area contributed by atoms with E-state index < -0.39 is 5.97 Å². The van der Waals surface area contributed by atoms with Crippen LogP contribution in [0.25, 0.3) is 0 Å². The Labute approximate surface area is 174 Å². The predicted molar refractivity (Wildman–Crippen MR) is 106 cm³/mol. The van der Waals surface area contributed by atoms with Gasteiger partial charge in [-0.15, -0.1) is 11.3 Å². The van der Waals surface area contributed by atoms with Crippen molar-refractivity contribution in [2.24, 2.45) is 5.92 Å². The third-order valence-corrected chi connectivity index (χ3v) is 6.89. The maximum atomic E-state index is 12.4. The first-order valence-electron chi connectivity index (χ1n) is 8.63. The van der Waals surface area contributed by atoms with E-state index in [0.29, 0.717) is 52.9 Å². The first-order valence-corrected chi connectivity index (χ1v) is 10.6. The summed E-state index contributed by atoms with van der Waals surface area (Å²) in [6.45, 7) is 1.36. The van der Waals surface area contributed by atoms with Gasteiger partial charge >= 0.3 is 5.97 Å². The minimum absolute atomic E-state index is 0.00408. The standard InChI is InChI=1S/C18H15ClN4O3S2/c19-14-1-2-15(27-14)28-22-17(24)10-3-5-23(6-4-10)16-11(8-20)7-12-13(21-16)9-26-18(12)25/h1-2,7,10H,3-6,9H2,(H,22,24). The van der Waals surface area contributed by atoms with Crippen LogP contribution in [0.5, 0.6) is 0 Å². The molecular weight excluding hydrogens is 420 g/mol. The smallest absolute Gasteiger partial charge is 0.340 e. The molecule has 2 aliphatic rings. The van der Waals surface area contributed by atoms with Gasteiger partial charge in [-0.05, 0) is 43.0 Å². The lowest BCUT2D eigenvalue weighted by molar-refractivity contribution is -0.123. The fourth-order valence-electron chi connectivity index (χ4n) is 3.25. The van der Waals surface area contributed by atoms with Crippen molar-refractivity contribution in [3.8, 4) is 6.07 Å². The number of halogens is 1. The molecule has 2 aromatic rings. The molecule has 0 radical (unpaired) electrons. The largest absolute Gasteiger partial charge is 0.455 e. The number of aromatic nitrogens is 1. The maximum Gasteiger partial charge on any atom is 0.340 e. The SMILES string of the molecule is N#Cc1cc2c(nc1N1CCC(C(=O)NSc3ccc(Cl)s3)CC1)COC2=O. The Morgan fingerprint density at radius 3 is 2.89 bits per heavy atom. The maximum absolute atomic E-state index is 12.4. The van der Waals surface area contributed by atoms with Gasteiger partial charge in [0, 0.05) is 19.0 Å². The number of carbonyl (C=O) groups excluding carboxylic acids is 2. The number of piperidine rings is 1. The molecule has 7 nitrogen and oxygen atoms in total. The molecule has 1 N–H and O–H groups in total. The van der Waals surface area contributed by atoms with Crippen molar-refractivity contribution in [1.82, 2.24) is 9.71 Å². The summed E-state index contributed by atoms with van der Waals surface area (Å²) >= 11 is 8.60. The van der Waals surface area contributed by atoms with Crippen molar-refractivity contribution in [2.75, 3.05) is 18.0 Å². The van der Waals surface area contributed by atoms with Crippen LogP contribution in [0.4, 0.5) is 5.82 Å². The summed E-state index contributed by atoms with van der Waals surface area (Å²) in [5.41, 5.74) is 1.27. The molecule has 1 amide bonds. The number of pyridine rings is 1. The minimum Gasteiger partial charge on any atom is -0.455 e. The molecule has 0 spiro atoms. The van der Waals surface area contributed by atoms with Crippen LogP contribution in [-0.4, -0.2) is 29.9 Å². The number of nitrogens with zero attached hydrogens (tertiary/aromatic N) is 3. The molecule has 1 fully saturated rings. The molecule has 0 saturated carbocycles. The highest BCUT2D eigenvalue weighted by atomic mass is 35.5. The summed E-state index contributed by atoms with van der Waals surface area (Å²) in [4.78, 5) is 30.6. The topological polar surface area (TPSA) is 95.3 Å². The molecule has 10 heteroatoms. The number of fused-ring (bicyclic) bond motifs is 1. The summed E-state index contributed by atoms with van der Waals surface area (Å²) in [7, 11) is 0. The van der Waals surface area contributed by atoms with E-state index in [-0.39, 0.29) is 18.4 Å². The monoisotopic (exact) mass is 434 g/mol. The number of nitriles is 1. The van der Waals surface area contributed by atoms with Gasteiger partial charge in [-0.2, -0.15) is 5.26 Å². The molecule has 0 bridgehead atoms. The molecule has 4 rings (SSSR count). The number of nitrogens with one attached hydrogen (secondary N) is 1. The number of hydrogen-bond acceptors (Lipinski definition) is 8. The van der Waals surface area contributed by atoms with Gasteiger partial charge in [-0.25, -0.2) is 9.78 Å². The first kappa shape index (κ1) is 19.1. The van der Waals surface area contributed by atoms with Gasteiger partial charge in [0.25, 0.3) is 0 Å². The van der Waals surface area contributed by atoms with E-state index in [9.17, 15) is 14.9 Å². The third-order valence-electron chi connectivity index (χ3n) is 4.73. The van der Waals surface area contributed by atoms with Gasteiger partial charge in [0.2, 0.25) is 5.91 Å². The fraction of sp³-hybridized carbons (Fsp3) is 0.333. The Kier molecular flexibility index (Phi) is 5.44. The van der Waals surface area contributed by atoms with Gasteiger partial charge in [0.1, 0.15) is 18.5 Å². The van der Waals surface area contributed by atoms with Gasteiger partial charge in [0.05, 0.1) is 25.4 Å². The number of amides is 1. The highest BCUT2D eigenvalue weighted by molar-refractivity contribution is 7.99. The van der Waals surface area contributed by atoms with E-state index in [1.54, 1.807) is 12.1 Å². The number of anilines is 1. The van der Waals surface area contributed by atoms with Gasteiger partial charge in [0.15, 0.2) is 0 Å². The van der Waals surface area contributed by atoms with Crippen molar-refractivity contribution < 1.29 is 14.3 Å². The lowest BCUT2D eigenvalue weighted by Gasteiger charge is -2.32. The molecule has 2 aliphatic heterocycles. The molecule has 144 valence electrons. The van der Waals surface area contributed by atoms with Crippen LogP contribution in [0.2, 0.25) is 4.34 Å². The van der Waals surface area contributed by atoms with Crippen LogP contribution < -0.4 is 9.62 Å².